The molecule has 2 unspecified atom stereocenters. The third-order valence-electron chi connectivity index (χ3n) is 5.17. The summed E-state index contributed by atoms with van der Waals surface area (Å²) in [5.41, 5.74) is 3.68. The Labute approximate surface area is 188 Å². The van der Waals surface area contributed by atoms with Crippen LogP contribution >= 0.6 is 0 Å². The van der Waals surface area contributed by atoms with Gasteiger partial charge >= 0.3 is 0 Å². The first kappa shape index (κ1) is 22.8. The van der Waals surface area contributed by atoms with Crippen molar-refractivity contribution >= 4 is 17.9 Å². The van der Waals surface area contributed by atoms with Crippen LogP contribution in [-0.2, 0) is 9.59 Å². The van der Waals surface area contributed by atoms with Crippen molar-refractivity contribution in [3.8, 4) is 11.4 Å². The summed E-state index contributed by atoms with van der Waals surface area (Å²) >= 11 is 0. The quantitative estimate of drug-likeness (QED) is 0.533. The number of hydrogen-bond donors (Lipinski definition) is 2. The van der Waals surface area contributed by atoms with Crippen molar-refractivity contribution in [2.24, 2.45) is 0 Å². The number of carbonyl (C=O) groups excluding carboxylic acids is 2. The molecule has 0 aliphatic heterocycles. The van der Waals surface area contributed by atoms with E-state index in [1.54, 1.807) is 26.3 Å². The first-order valence-corrected chi connectivity index (χ1v) is 10.4. The van der Waals surface area contributed by atoms with Crippen molar-refractivity contribution in [2.75, 3.05) is 7.11 Å². The van der Waals surface area contributed by atoms with E-state index in [0.717, 1.165) is 28.3 Å². The number of rotatable bonds is 8. The average molecular weight is 433 g/mol. The van der Waals surface area contributed by atoms with E-state index in [1.165, 1.54) is 6.08 Å². The Morgan fingerprint density at radius 1 is 1.03 bits per heavy atom. The highest BCUT2D eigenvalue weighted by atomic mass is 16.5. The zero-order valence-electron chi connectivity index (χ0n) is 18.7. The SMILES string of the molecule is COc1ccc(/C=C/C(=O)NC(C)C(=O)NC(C)c2cnn(-c3ccccc3)c2C)cc1. The number of hydrogen-bond acceptors (Lipinski definition) is 4. The topological polar surface area (TPSA) is 85.2 Å². The minimum absolute atomic E-state index is 0.255. The summed E-state index contributed by atoms with van der Waals surface area (Å²) < 4.78 is 6.96. The van der Waals surface area contributed by atoms with E-state index in [2.05, 4.69) is 15.7 Å². The highest BCUT2D eigenvalue weighted by Crippen LogP contribution is 2.20. The van der Waals surface area contributed by atoms with Crippen LogP contribution in [0.1, 0.15) is 36.7 Å². The molecule has 0 aliphatic rings. The standard InChI is InChI=1S/C25H28N4O3/c1-17(23-16-26-29(19(23)3)21-8-6-5-7-9-21)28-25(31)18(2)27-24(30)15-12-20-10-13-22(32-4)14-11-20/h5-18H,1-4H3,(H,27,30)(H,28,31)/b15-12+. The van der Waals surface area contributed by atoms with Gasteiger partial charge in [0, 0.05) is 17.3 Å². The molecule has 2 aromatic carbocycles. The minimum Gasteiger partial charge on any atom is -0.497 e. The highest BCUT2D eigenvalue weighted by Gasteiger charge is 2.20. The van der Waals surface area contributed by atoms with E-state index in [4.69, 9.17) is 4.74 Å². The maximum absolute atomic E-state index is 12.6. The van der Waals surface area contributed by atoms with Crippen LogP contribution in [0.25, 0.3) is 11.8 Å². The van der Waals surface area contributed by atoms with Gasteiger partial charge in [-0.2, -0.15) is 5.10 Å². The first-order valence-electron chi connectivity index (χ1n) is 10.4. The molecule has 1 heterocycles. The Bertz CT molecular complexity index is 1090. The van der Waals surface area contributed by atoms with Crippen molar-refractivity contribution < 1.29 is 14.3 Å². The summed E-state index contributed by atoms with van der Waals surface area (Å²) in [5.74, 6) is 0.135. The largest absolute Gasteiger partial charge is 0.497 e. The van der Waals surface area contributed by atoms with Gasteiger partial charge in [0.2, 0.25) is 11.8 Å². The number of ether oxygens (including phenoxy) is 1. The number of benzene rings is 2. The molecule has 166 valence electrons. The van der Waals surface area contributed by atoms with E-state index in [9.17, 15) is 9.59 Å². The second-order valence-electron chi connectivity index (χ2n) is 7.50. The second kappa shape index (κ2) is 10.4. The van der Waals surface area contributed by atoms with Gasteiger partial charge in [0.15, 0.2) is 0 Å². The molecule has 3 rings (SSSR count). The van der Waals surface area contributed by atoms with Gasteiger partial charge in [-0.15, -0.1) is 0 Å². The third-order valence-corrected chi connectivity index (χ3v) is 5.17. The molecule has 0 aliphatic carbocycles. The van der Waals surface area contributed by atoms with Crippen molar-refractivity contribution in [3.05, 3.63) is 83.7 Å². The number of amides is 2. The van der Waals surface area contributed by atoms with Gasteiger partial charge in [0.05, 0.1) is 25.0 Å². The number of aromatic nitrogens is 2. The van der Waals surface area contributed by atoms with Gasteiger partial charge in [-0.1, -0.05) is 30.3 Å². The number of carbonyl (C=O) groups is 2. The summed E-state index contributed by atoms with van der Waals surface area (Å²) in [4.78, 5) is 24.8. The molecule has 0 spiro atoms. The predicted octanol–water partition coefficient (Wildman–Crippen LogP) is 3.58. The van der Waals surface area contributed by atoms with E-state index < -0.39 is 6.04 Å². The van der Waals surface area contributed by atoms with Crippen LogP contribution in [0.4, 0.5) is 0 Å². The Kier molecular flexibility index (Phi) is 7.44. The fourth-order valence-corrected chi connectivity index (χ4v) is 3.31. The second-order valence-corrected chi connectivity index (χ2v) is 7.50. The zero-order valence-corrected chi connectivity index (χ0v) is 18.7. The molecule has 2 atom stereocenters. The number of nitrogens with one attached hydrogen (secondary N) is 2. The van der Waals surface area contributed by atoms with Crippen molar-refractivity contribution in [2.45, 2.75) is 32.9 Å². The lowest BCUT2D eigenvalue weighted by Crippen LogP contribution is -2.45. The monoisotopic (exact) mass is 432 g/mol. The van der Waals surface area contributed by atoms with Crippen LogP contribution in [-0.4, -0.2) is 34.7 Å². The van der Waals surface area contributed by atoms with Gasteiger partial charge < -0.3 is 15.4 Å². The van der Waals surface area contributed by atoms with Gasteiger partial charge in [-0.3, -0.25) is 9.59 Å². The molecular weight excluding hydrogens is 404 g/mol. The smallest absolute Gasteiger partial charge is 0.244 e. The summed E-state index contributed by atoms with van der Waals surface area (Å²) in [7, 11) is 1.60. The molecule has 0 saturated carbocycles. The molecule has 0 fully saturated rings. The normalized spacial score (nSPS) is 12.9. The Hall–Kier alpha value is -3.87. The fraction of sp³-hybridized carbons (Fsp3) is 0.240. The van der Waals surface area contributed by atoms with Crippen LogP contribution in [0.15, 0.2) is 66.9 Å². The summed E-state index contributed by atoms with van der Waals surface area (Å²) in [6.07, 6.45) is 4.85. The lowest BCUT2D eigenvalue weighted by Gasteiger charge is -2.18. The molecule has 1 aromatic heterocycles. The molecule has 0 saturated heterocycles. The molecule has 2 N–H and O–H groups in total. The van der Waals surface area contributed by atoms with Crippen LogP contribution in [0.3, 0.4) is 0 Å². The third kappa shape index (κ3) is 5.63. The molecular formula is C25H28N4O3. The Morgan fingerprint density at radius 2 is 1.72 bits per heavy atom. The predicted molar refractivity (Wildman–Crippen MR) is 124 cm³/mol. The summed E-state index contributed by atoms with van der Waals surface area (Å²) in [5, 5.41) is 10.1. The maximum Gasteiger partial charge on any atom is 0.244 e. The molecule has 32 heavy (non-hydrogen) atoms. The van der Waals surface area contributed by atoms with Crippen molar-refractivity contribution in [3.63, 3.8) is 0 Å². The molecule has 3 aromatic rings. The molecule has 0 bridgehead atoms. The van der Waals surface area contributed by atoms with Crippen molar-refractivity contribution in [1.29, 1.82) is 0 Å². The van der Waals surface area contributed by atoms with Crippen LogP contribution in [0.5, 0.6) is 5.75 Å². The lowest BCUT2D eigenvalue weighted by atomic mass is 10.1. The Balaban J connectivity index is 1.56. The number of methoxy groups -OCH3 is 1. The van der Waals surface area contributed by atoms with E-state index in [0.29, 0.717) is 0 Å². The van der Waals surface area contributed by atoms with Gasteiger partial charge in [0.1, 0.15) is 11.8 Å². The van der Waals surface area contributed by atoms with Crippen molar-refractivity contribution in [1.82, 2.24) is 20.4 Å². The van der Waals surface area contributed by atoms with Gasteiger partial charge in [0.25, 0.3) is 0 Å². The van der Waals surface area contributed by atoms with Crippen LogP contribution in [0, 0.1) is 6.92 Å². The molecule has 0 radical (unpaired) electrons. The van der Waals surface area contributed by atoms with E-state index >= 15 is 0 Å². The van der Waals surface area contributed by atoms with Gasteiger partial charge in [-0.25, -0.2) is 4.68 Å². The minimum atomic E-state index is -0.685. The summed E-state index contributed by atoms with van der Waals surface area (Å²) in [6, 6.07) is 16.2. The first-order chi connectivity index (χ1) is 15.4. The molecule has 2 amide bonds. The molecule has 7 nitrogen and oxygen atoms in total. The number of para-hydroxylation sites is 1. The van der Waals surface area contributed by atoms with E-state index in [-0.39, 0.29) is 17.9 Å². The van der Waals surface area contributed by atoms with Crippen LogP contribution < -0.4 is 15.4 Å². The Morgan fingerprint density at radius 3 is 2.38 bits per heavy atom. The number of nitrogens with zero attached hydrogens (tertiary/aromatic N) is 2. The fourth-order valence-electron chi connectivity index (χ4n) is 3.31. The highest BCUT2D eigenvalue weighted by molar-refractivity contribution is 5.95. The van der Waals surface area contributed by atoms with Gasteiger partial charge in [-0.05, 0) is 56.7 Å². The maximum atomic E-state index is 12.6. The molecule has 7 heteroatoms. The lowest BCUT2D eigenvalue weighted by molar-refractivity contribution is -0.127. The summed E-state index contributed by atoms with van der Waals surface area (Å²) in [6.45, 7) is 5.52. The van der Waals surface area contributed by atoms with E-state index in [1.807, 2.05) is 73.1 Å². The van der Waals surface area contributed by atoms with Crippen LogP contribution in [0.2, 0.25) is 0 Å². The zero-order chi connectivity index (χ0) is 23.1. The average Bonchev–Trinajstić information content (AvgIpc) is 3.19.